The van der Waals surface area contributed by atoms with E-state index in [0.29, 0.717) is 0 Å². The van der Waals surface area contributed by atoms with Gasteiger partial charge in [-0.25, -0.2) is 0 Å². The Labute approximate surface area is 38.8 Å². The molecule has 0 aliphatic heterocycles. The van der Waals surface area contributed by atoms with Crippen molar-refractivity contribution in [2.75, 3.05) is 6.61 Å². The number of rotatable bonds is 2. The smallest absolute Gasteiger partial charge is 0.284 e. The lowest BCUT2D eigenvalue weighted by molar-refractivity contribution is 0.325. The quantitative estimate of drug-likeness (QED) is 0.515. The Hall–Kier alpha value is 0.0700. The lowest BCUT2D eigenvalue weighted by Gasteiger charge is -1.84. The van der Waals surface area contributed by atoms with Gasteiger partial charge in [-0.2, -0.15) is 4.21 Å². The van der Waals surface area contributed by atoms with Crippen LogP contribution in [0.1, 0.15) is 6.92 Å². The van der Waals surface area contributed by atoms with Crippen LogP contribution in [0.25, 0.3) is 0 Å². The van der Waals surface area contributed by atoms with Crippen LogP contribution in [0.3, 0.4) is 0 Å². The van der Waals surface area contributed by atoms with Gasteiger partial charge < -0.3 is 0 Å². The molecule has 0 aromatic rings. The number of hydrogen-bond acceptors (Lipinski definition) is 2. The van der Waals surface area contributed by atoms with Gasteiger partial charge in [0.25, 0.3) is 0 Å². The Kier molecular flexibility index (Phi) is 3.31. The van der Waals surface area contributed by atoms with E-state index in [9.17, 15) is 4.21 Å². The maximum absolute atomic E-state index is 9.49. The van der Waals surface area contributed by atoms with Crippen molar-refractivity contribution in [3.63, 3.8) is 0 Å². The molecule has 0 rings (SSSR count). The van der Waals surface area contributed by atoms with Crippen LogP contribution in [-0.4, -0.2) is 15.4 Å². The van der Waals surface area contributed by atoms with E-state index in [2.05, 4.69) is 4.18 Å². The fourth-order valence-corrected chi connectivity index (χ4v) is 0.302. The Morgan fingerprint density at radius 1 is 2.00 bits per heavy atom. The maximum Gasteiger partial charge on any atom is 0.301 e. The molecule has 0 radical (unpaired) electrons. The standard InChI is InChI=1S/C2H6O3S/c1-2-5-6(3)4/h2H2,1H3,(H,3,4). The monoisotopic (exact) mass is 110 g/mol. The Balaban J connectivity index is 2.83. The molecule has 1 atom stereocenters. The van der Waals surface area contributed by atoms with Gasteiger partial charge >= 0.3 is 11.4 Å². The van der Waals surface area contributed by atoms with E-state index in [-0.39, 0.29) is 6.61 Å². The minimum atomic E-state index is -2.07. The van der Waals surface area contributed by atoms with E-state index < -0.39 is 11.4 Å². The summed E-state index contributed by atoms with van der Waals surface area (Å²) >= 11 is -2.07. The van der Waals surface area contributed by atoms with Crippen molar-refractivity contribution in [2.45, 2.75) is 6.92 Å². The molecule has 1 N–H and O–H groups in total. The molecule has 0 saturated heterocycles. The highest BCUT2D eigenvalue weighted by Crippen LogP contribution is 1.72. The third kappa shape index (κ3) is 4.07. The Bertz CT molecular complexity index is 52.8. The molecule has 0 aliphatic carbocycles. The highest BCUT2D eigenvalue weighted by atomic mass is 32.2. The van der Waals surface area contributed by atoms with Crippen LogP contribution in [0.4, 0.5) is 0 Å². The zero-order valence-electron chi connectivity index (χ0n) is 3.38. The normalized spacial score (nSPS) is 14.3. The fourth-order valence-electron chi connectivity index (χ4n) is 0.101. The van der Waals surface area contributed by atoms with Crippen molar-refractivity contribution in [2.24, 2.45) is 0 Å². The Morgan fingerprint density at radius 3 is 2.50 bits per heavy atom. The van der Waals surface area contributed by atoms with Crippen LogP contribution >= 0.6 is 0 Å². The van der Waals surface area contributed by atoms with Gasteiger partial charge in [-0.15, -0.1) is 0 Å². The van der Waals surface area contributed by atoms with Gasteiger partial charge in [0.05, 0.1) is 6.61 Å². The molecule has 0 saturated carbocycles. The molecule has 0 fully saturated rings. The largest absolute Gasteiger partial charge is 0.301 e. The summed E-state index contributed by atoms with van der Waals surface area (Å²) in [6.07, 6.45) is 0. The third-order valence-electron chi connectivity index (χ3n) is 0.219. The van der Waals surface area contributed by atoms with Crippen LogP contribution in [0.5, 0.6) is 0 Å². The van der Waals surface area contributed by atoms with Crippen LogP contribution in [0.15, 0.2) is 0 Å². The SMILES string of the molecule is CCOS(=O)O. The second-order valence-corrected chi connectivity index (χ2v) is 1.29. The number of hydrogen-bond donors (Lipinski definition) is 1. The van der Waals surface area contributed by atoms with Gasteiger partial charge in [0.15, 0.2) is 0 Å². The molecule has 0 heterocycles. The minimum absolute atomic E-state index is 0.281. The average Bonchev–Trinajstić information content (AvgIpc) is 1.35. The molecule has 0 spiro atoms. The molecule has 38 valence electrons. The second kappa shape index (κ2) is 3.27. The summed E-state index contributed by atoms with van der Waals surface area (Å²) in [5.41, 5.74) is 0. The summed E-state index contributed by atoms with van der Waals surface area (Å²) in [5, 5.41) is 0. The molecule has 0 aromatic heterocycles. The molecule has 4 heteroatoms. The van der Waals surface area contributed by atoms with Gasteiger partial charge in [-0.3, -0.25) is 8.74 Å². The molecule has 0 aromatic carbocycles. The van der Waals surface area contributed by atoms with E-state index in [1.54, 1.807) is 6.92 Å². The summed E-state index contributed by atoms with van der Waals surface area (Å²) < 4.78 is 21.4. The summed E-state index contributed by atoms with van der Waals surface area (Å²) in [4.78, 5) is 0. The van der Waals surface area contributed by atoms with Crippen molar-refractivity contribution < 1.29 is 12.9 Å². The predicted octanol–water partition coefficient (Wildman–Crippen LogP) is 0.160. The molecular formula is C2H6O3S. The van der Waals surface area contributed by atoms with Crippen LogP contribution in [0, 0.1) is 0 Å². The van der Waals surface area contributed by atoms with Crippen molar-refractivity contribution in [3.05, 3.63) is 0 Å². The predicted molar refractivity (Wildman–Crippen MR) is 22.4 cm³/mol. The third-order valence-corrected chi connectivity index (χ3v) is 0.656. The molecule has 1 unspecified atom stereocenters. The zero-order valence-corrected chi connectivity index (χ0v) is 4.20. The summed E-state index contributed by atoms with van der Waals surface area (Å²) in [6, 6.07) is 0. The molecule has 0 aliphatic rings. The molecular weight excluding hydrogens is 104 g/mol. The fraction of sp³-hybridized carbons (Fsp3) is 1.00. The van der Waals surface area contributed by atoms with E-state index in [1.165, 1.54) is 0 Å². The van der Waals surface area contributed by atoms with Crippen molar-refractivity contribution in [3.8, 4) is 0 Å². The van der Waals surface area contributed by atoms with Crippen LogP contribution in [-0.2, 0) is 15.5 Å². The van der Waals surface area contributed by atoms with E-state index in [0.717, 1.165) is 0 Å². The molecule has 0 bridgehead atoms. The topological polar surface area (TPSA) is 46.5 Å². The first-order valence-corrected chi connectivity index (χ1v) is 2.54. The summed E-state index contributed by atoms with van der Waals surface area (Å²) in [7, 11) is 0. The highest BCUT2D eigenvalue weighted by Gasteiger charge is 1.82. The average molecular weight is 110 g/mol. The van der Waals surface area contributed by atoms with Gasteiger partial charge in [-0.1, -0.05) is 0 Å². The first kappa shape index (κ1) is 6.07. The van der Waals surface area contributed by atoms with Gasteiger partial charge in [0.1, 0.15) is 0 Å². The second-order valence-electron chi connectivity index (χ2n) is 0.624. The highest BCUT2D eigenvalue weighted by molar-refractivity contribution is 7.74. The van der Waals surface area contributed by atoms with E-state index in [1.807, 2.05) is 0 Å². The summed E-state index contributed by atoms with van der Waals surface area (Å²) in [6.45, 7) is 1.93. The van der Waals surface area contributed by atoms with Crippen molar-refractivity contribution in [1.82, 2.24) is 0 Å². The van der Waals surface area contributed by atoms with Gasteiger partial charge in [0, 0.05) is 0 Å². The Morgan fingerprint density at radius 2 is 2.50 bits per heavy atom. The lowest BCUT2D eigenvalue weighted by Crippen LogP contribution is -1.91. The lowest BCUT2D eigenvalue weighted by atomic mass is 10.9. The molecule has 3 nitrogen and oxygen atoms in total. The first-order valence-electron chi connectivity index (χ1n) is 1.51. The first-order chi connectivity index (χ1) is 2.77. The van der Waals surface area contributed by atoms with E-state index in [4.69, 9.17) is 4.55 Å². The van der Waals surface area contributed by atoms with Gasteiger partial charge in [-0.05, 0) is 6.92 Å². The van der Waals surface area contributed by atoms with E-state index >= 15 is 0 Å². The zero-order chi connectivity index (χ0) is 4.99. The van der Waals surface area contributed by atoms with Crippen LogP contribution in [0.2, 0.25) is 0 Å². The van der Waals surface area contributed by atoms with Crippen LogP contribution < -0.4 is 0 Å². The van der Waals surface area contributed by atoms with Crippen molar-refractivity contribution >= 4 is 11.4 Å². The molecule has 0 amide bonds. The maximum atomic E-state index is 9.49. The van der Waals surface area contributed by atoms with Crippen molar-refractivity contribution in [1.29, 1.82) is 0 Å². The minimum Gasteiger partial charge on any atom is -0.284 e. The molecule has 6 heavy (non-hydrogen) atoms. The summed E-state index contributed by atoms with van der Waals surface area (Å²) in [5.74, 6) is 0. The van der Waals surface area contributed by atoms with Gasteiger partial charge in [0.2, 0.25) is 0 Å².